The van der Waals surface area contributed by atoms with Gasteiger partial charge in [0.05, 0.1) is 11.9 Å². The molecular formula is C28H28N6. The lowest BCUT2D eigenvalue weighted by atomic mass is 10.0. The lowest BCUT2D eigenvalue weighted by molar-refractivity contribution is 0.370. The summed E-state index contributed by atoms with van der Waals surface area (Å²) in [6, 6.07) is 12.9. The molecule has 0 unspecified atom stereocenters. The van der Waals surface area contributed by atoms with Gasteiger partial charge in [0.15, 0.2) is 0 Å². The molecule has 34 heavy (non-hydrogen) atoms. The SMILES string of the molecule is CN1CC=C(c2cc(C(Nc3cc4cc(-c5cnn(C)c5)ccc4cn3)=C3CC3)ccn2)CC1. The van der Waals surface area contributed by atoms with Crippen LogP contribution in [0.25, 0.3) is 33.2 Å². The number of nitrogens with zero attached hydrogens (tertiary/aromatic N) is 5. The van der Waals surface area contributed by atoms with Crippen molar-refractivity contribution in [2.24, 2.45) is 7.05 Å². The maximum atomic E-state index is 4.72. The summed E-state index contributed by atoms with van der Waals surface area (Å²) in [5, 5.41) is 10.2. The first-order valence-corrected chi connectivity index (χ1v) is 11.8. The van der Waals surface area contributed by atoms with E-state index < -0.39 is 0 Å². The van der Waals surface area contributed by atoms with Crippen molar-refractivity contribution in [1.29, 1.82) is 0 Å². The van der Waals surface area contributed by atoms with Crippen LogP contribution in [0.5, 0.6) is 0 Å². The lowest BCUT2D eigenvalue weighted by Crippen LogP contribution is -2.23. The van der Waals surface area contributed by atoms with Crippen LogP contribution < -0.4 is 5.32 Å². The molecule has 1 aliphatic heterocycles. The highest BCUT2D eigenvalue weighted by molar-refractivity contribution is 5.90. The topological polar surface area (TPSA) is 58.9 Å². The summed E-state index contributed by atoms with van der Waals surface area (Å²) in [5.41, 5.74) is 8.50. The van der Waals surface area contributed by atoms with Crippen LogP contribution in [0.15, 0.2) is 72.8 Å². The van der Waals surface area contributed by atoms with E-state index >= 15 is 0 Å². The van der Waals surface area contributed by atoms with E-state index in [0.717, 1.165) is 65.8 Å². The Bertz CT molecular complexity index is 1440. The normalized spacial score (nSPS) is 15.9. The van der Waals surface area contributed by atoms with Gasteiger partial charge in [0.1, 0.15) is 5.82 Å². The van der Waals surface area contributed by atoms with Crippen molar-refractivity contribution in [3.63, 3.8) is 0 Å². The van der Waals surface area contributed by atoms with Crippen LogP contribution in [0.2, 0.25) is 0 Å². The number of pyridine rings is 2. The first-order valence-electron chi connectivity index (χ1n) is 11.8. The third-order valence-electron chi connectivity index (χ3n) is 6.66. The number of rotatable bonds is 5. The van der Waals surface area contributed by atoms with Crippen LogP contribution in [0.4, 0.5) is 5.82 Å². The number of likely N-dealkylation sites (N-methyl/N-ethyl adjacent to an activating group) is 1. The third kappa shape index (κ3) is 4.24. The number of anilines is 1. The quantitative estimate of drug-likeness (QED) is 0.445. The highest BCUT2D eigenvalue weighted by Crippen LogP contribution is 2.37. The average Bonchev–Trinajstić information content (AvgIpc) is 3.62. The standard InChI is InChI=1S/C28H28N6/c1-33-11-8-19(9-12-33)26-14-22(7-10-29-26)28(20-3-4-20)32-27-15-24-13-21(5-6-23(24)16-30-27)25-17-31-34(2)18-25/h5-8,10,13-18H,3-4,9,11-12H2,1-2H3,(H,30,32). The number of aryl methyl sites for hydroxylation is 1. The largest absolute Gasteiger partial charge is 0.340 e. The minimum absolute atomic E-state index is 0.863. The molecule has 6 rings (SSSR count). The number of allylic oxidation sites excluding steroid dienone is 1. The predicted octanol–water partition coefficient (Wildman–Crippen LogP) is 5.37. The summed E-state index contributed by atoms with van der Waals surface area (Å²) < 4.78 is 1.83. The zero-order valence-corrected chi connectivity index (χ0v) is 19.6. The highest BCUT2D eigenvalue weighted by atomic mass is 15.2. The van der Waals surface area contributed by atoms with Gasteiger partial charge in [-0.05, 0) is 72.7 Å². The molecule has 0 spiro atoms. The van der Waals surface area contributed by atoms with Crippen molar-refractivity contribution in [1.82, 2.24) is 24.6 Å². The van der Waals surface area contributed by atoms with Gasteiger partial charge in [-0.25, -0.2) is 4.98 Å². The third-order valence-corrected chi connectivity index (χ3v) is 6.66. The Morgan fingerprint density at radius 3 is 2.59 bits per heavy atom. The number of benzene rings is 1. The van der Waals surface area contributed by atoms with E-state index in [1.54, 1.807) is 0 Å². The molecule has 1 aliphatic carbocycles. The van der Waals surface area contributed by atoms with Crippen LogP contribution in [0.3, 0.4) is 0 Å². The molecule has 0 atom stereocenters. The van der Waals surface area contributed by atoms with E-state index in [4.69, 9.17) is 4.98 Å². The predicted molar refractivity (Wildman–Crippen MR) is 138 cm³/mol. The molecule has 1 aromatic carbocycles. The van der Waals surface area contributed by atoms with E-state index in [-0.39, 0.29) is 0 Å². The number of nitrogens with one attached hydrogen (secondary N) is 1. The first kappa shape index (κ1) is 20.8. The second-order valence-electron chi connectivity index (χ2n) is 9.31. The summed E-state index contributed by atoms with van der Waals surface area (Å²) in [5.74, 6) is 0.863. The van der Waals surface area contributed by atoms with Gasteiger partial charge >= 0.3 is 0 Å². The van der Waals surface area contributed by atoms with Gasteiger partial charge in [-0.15, -0.1) is 0 Å². The lowest BCUT2D eigenvalue weighted by Gasteiger charge is -2.22. The summed E-state index contributed by atoms with van der Waals surface area (Å²) in [6.07, 6.45) is 13.4. The van der Waals surface area contributed by atoms with Crippen molar-refractivity contribution in [3.05, 3.63) is 84.1 Å². The van der Waals surface area contributed by atoms with Gasteiger partial charge in [-0.3, -0.25) is 9.67 Å². The molecule has 6 nitrogen and oxygen atoms in total. The fourth-order valence-electron chi connectivity index (χ4n) is 4.53. The van der Waals surface area contributed by atoms with E-state index in [9.17, 15) is 0 Å². The van der Waals surface area contributed by atoms with Gasteiger partial charge in [0.25, 0.3) is 0 Å². The Labute approximate surface area is 199 Å². The van der Waals surface area contributed by atoms with Crippen LogP contribution >= 0.6 is 0 Å². The molecule has 4 heterocycles. The van der Waals surface area contributed by atoms with Gasteiger partial charge < -0.3 is 10.2 Å². The number of hydrogen-bond acceptors (Lipinski definition) is 5. The van der Waals surface area contributed by atoms with Gasteiger partial charge in [-0.1, -0.05) is 18.2 Å². The molecule has 0 saturated heterocycles. The van der Waals surface area contributed by atoms with Crippen molar-refractivity contribution in [3.8, 4) is 11.1 Å². The maximum Gasteiger partial charge on any atom is 0.130 e. The number of hydrogen-bond donors (Lipinski definition) is 1. The summed E-state index contributed by atoms with van der Waals surface area (Å²) in [7, 11) is 4.10. The maximum absolute atomic E-state index is 4.72. The Kier molecular flexibility index (Phi) is 5.23. The molecule has 1 N–H and O–H groups in total. The second kappa shape index (κ2) is 8.54. The Morgan fingerprint density at radius 2 is 1.82 bits per heavy atom. The molecule has 6 heteroatoms. The zero-order chi connectivity index (χ0) is 23.1. The minimum Gasteiger partial charge on any atom is -0.340 e. The highest BCUT2D eigenvalue weighted by Gasteiger charge is 2.21. The summed E-state index contributed by atoms with van der Waals surface area (Å²) in [4.78, 5) is 11.7. The average molecular weight is 449 g/mol. The summed E-state index contributed by atoms with van der Waals surface area (Å²) in [6.45, 7) is 2.06. The van der Waals surface area contributed by atoms with E-state index in [1.807, 2.05) is 36.5 Å². The Morgan fingerprint density at radius 1 is 0.912 bits per heavy atom. The molecule has 1 fully saturated rings. The van der Waals surface area contributed by atoms with Crippen LogP contribution in [0.1, 0.15) is 30.5 Å². The van der Waals surface area contributed by atoms with Crippen LogP contribution in [-0.2, 0) is 7.05 Å². The van der Waals surface area contributed by atoms with Crippen molar-refractivity contribution >= 4 is 27.9 Å². The molecule has 2 aliphatic rings. The number of aromatic nitrogens is 4. The molecule has 0 amide bonds. The fraction of sp³-hybridized carbons (Fsp3) is 0.250. The molecule has 170 valence electrons. The Hall–Kier alpha value is -3.77. The van der Waals surface area contributed by atoms with Crippen LogP contribution in [0, 0.1) is 0 Å². The van der Waals surface area contributed by atoms with Crippen LogP contribution in [-0.4, -0.2) is 44.8 Å². The smallest absolute Gasteiger partial charge is 0.130 e. The van der Waals surface area contributed by atoms with Crippen molar-refractivity contribution < 1.29 is 0 Å². The molecule has 0 bridgehead atoms. The fourth-order valence-corrected chi connectivity index (χ4v) is 4.53. The minimum atomic E-state index is 0.863. The second-order valence-corrected chi connectivity index (χ2v) is 9.31. The van der Waals surface area contributed by atoms with E-state index in [2.05, 4.69) is 69.8 Å². The summed E-state index contributed by atoms with van der Waals surface area (Å²) >= 11 is 0. The molecule has 4 aromatic rings. The molecule has 1 saturated carbocycles. The van der Waals surface area contributed by atoms with Gasteiger partial charge in [0, 0.05) is 60.9 Å². The molecule has 0 radical (unpaired) electrons. The monoisotopic (exact) mass is 448 g/mol. The number of fused-ring (bicyclic) bond motifs is 1. The first-order chi connectivity index (χ1) is 16.6. The molecule has 3 aromatic heterocycles. The molecular weight excluding hydrogens is 420 g/mol. The van der Waals surface area contributed by atoms with Crippen molar-refractivity contribution in [2.45, 2.75) is 19.3 Å². The van der Waals surface area contributed by atoms with Gasteiger partial charge in [0.2, 0.25) is 0 Å². The zero-order valence-electron chi connectivity index (χ0n) is 19.6. The van der Waals surface area contributed by atoms with Crippen molar-refractivity contribution in [2.75, 3.05) is 25.5 Å². The van der Waals surface area contributed by atoms with E-state index in [1.165, 1.54) is 22.4 Å². The Balaban J connectivity index is 1.31. The van der Waals surface area contributed by atoms with Gasteiger partial charge in [-0.2, -0.15) is 5.10 Å². The van der Waals surface area contributed by atoms with E-state index in [0.29, 0.717) is 0 Å².